The number of halogens is 1. The fourth-order valence-corrected chi connectivity index (χ4v) is 3.44. The summed E-state index contributed by atoms with van der Waals surface area (Å²) in [6.07, 6.45) is 0.936. The minimum Gasteiger partial charge on any atom is -0.197 e. The Morgan fingerprint density at radius 2 is 1.56 bits per heavy atom. The number of benzene rings is 2. The van der Waals surface area contributed by atoms with Crippen molar-refractivity contribution in [2.45, 2.75) is 17.2 Å². The first-order valence-electron chi connectivity index (χ1n) is 6.01. The molecule has 2 aromatic carbocycles. The SMILES string of the molecule is N#C[C@@H]1c2ccccc2C[C@@H](Br)c2ccccc21. The van der Waals surface area contributed by atoms with Gasteiger partial charge in [0.2, 0.25) is 0 Å². The third kappa shape index (κ3) is 1.76. The van der Waals surface area contributed by atoms with Crippen molar-refractivity contribution in [3.63, 3.8) is 0 Å². The molecular formula is C16H12BrN. The highest BCUT2D eigenvalue weighted by Crippen LogP contribution is 2.40. The summed E-state index contributed by atoms with van der Waals surface area (Å²) in [5.41, 5.74) is 4.78. The number of hydrogen-bond donors (Lipinski definition) is 0. The Labute approximate surface area is 115 Å². The first-order valence-corrected chi connectivity index (χ1v) is 6.93. The summed E-state index contributed by atoms with van der Waals surface area (Å²) >= 11 is 3.75. The first kappa shape index (κ1) is 11.5. The van der Waals surface area contributed by atoms with Gasteiger partial charge in [0.15, 0.2) is 0 Å². The minimum atomic E-state index is -0.153. The summed E-state index contributed by atoms with van der Waals surface area (Å²) in [5.74, 6) is -0.153. The lowest BCUT2D eigenvalue weighted by molar-refractivity contribution is 0.954. The molecule has 1 aliphatic carbocycles. The number of fused-ring (bicyclic) bond motifs is 2. The van der Waals surface area contributed by atoms with E-state index >= 15 is 0 Å². The van der Waals surface area contributed by atoms with E-state index in [4.69, 9.17) is 0 Å². The van der Waals surface area contributed by atoms with Crippen LogP contribution in [0.4, 0.5) is 0 Å². The van der Waals surface area contributed by atoms with Crippen molar-refractivity contribution in [3.8, 4) is 6.07 Å². The van der Waals surface area contributed by atoms with Crippen LogP contribution >= 0.6 is 15.9 Å². The molecule has 2 heteroatoms. The van der Waals surface area contributed by atoms with E-state index in [9.17, 15) is 5.26 Å². The van der Waals surface area contributed by atoms with Gasteiger partial charge in [0.25, 0.3) is 0 Å². The third-order valence-corrected chi connectivity index (χ3v) is 4.36. The van der Waals surface area contributed by atoms with Gasteiger partial charge in [-0.3, -0.25) is 0 Å². The molecular weight excluding hydrogens is 286 g/mol. The molecule has 0 saturated carbocycles. The van der Waals surface area contributed by atoms with Gasteiger partial charge in [-0.05, 0) is 28.7 Å². The van der Waals surface area contributed by atoms with E-state index in [1.807, 2.05) is 24.3 Å². The third-order valence-electron chi connectivity index (χ3n) is 3.54. The number of nitrogens with zero attached hydrogens (tertiary/aromatic N) is 1. The van der Waals surface area contributed by atoms with Crippen LogP contribution in [0.3, 0.4) is 0 Å². The van der Waals surface area contributed by atoms with E-state index in [1.54, 1.807) is 0 Å². The van der Waals surface area contributed by atoms with Crippen LogP contribution in [0.2, 0.25) is 0 Å². The molecule has 0 spiro atoms. The van der Waals surface area contributed by atoms with Crippen molar-refractivity contribution >= 4 is 15.9 Å². The van der Waals surface area contributed by atoms with Crippen LogP contribution in [0.1, 0.15) is 33.0 Å². The Bertz CT molecular complexity index is 627. The van der Waals surface area contributed by atoms with E-state index in [0.29, 0.717) is 0 Å². The Hall–Kier alpha value is -1.59. The summed E-state index contributed by atoms with van der Waals surface area (Å²) in [7, 11) is 0. The second-order valence-electron chi connectivity index (χ2n) is 4.56. The quantitative estimate of drug-likeness (QED) is 0.664. The molecule has 0 heterocycles. The zero-order chi connectivity index (χ0) is 12.5. The average Bonchev–Trinajstić information content (AvgIpc) is 2.53. The van der Waals surface area contributed by atoms with Crippen LogP contribution in [-0.4, -0.2) is 0 Å². The Morgan fingerprint density at radius 3 is 2.28 bits per heavy atom. The van der Waals surface area contributed by atoms with Gasteiger partial charge in [-0.1, -0.05) is 64.5 Å². The molecule has 0 bridgehead atoms. The normalized spacial score (nSPS) is 21.3. The molecule has 1 aliphatic rings. The molecule has 0 fully saturated rings. The molecule has 1 nitrogen and oxygen atoms in total. The lowest BCUT2D eigenvalue weighted by Crippen LogP contribution is -2.00. The number of nitriles is 1. The second kappa shape index (κ2) is 4.59. The second-order valence-corrected chi connectivity index (χ2v) is 5.67. The molecule has 18 heavy (non-hydrogen) atoms. The zero-order valence-corrected chi connectivity index (χ0v) is 11.4. The molecule has 2 atom stereocenters. The highest BCUT2D eigenvalue weighted by Gasteiger charge is 2.26. The van der Waals surface area contributed by atoms with Gasteiger partial charge < -0.3 is 0 Å². The number of hydrogen-bond acceptors (Lipinski definition) is 1. The molecule has 0 amide bonds. The first-order chi connectivity index (χ1) is 8.81. The summed E-state index contributed by atoms with van der Waals surface area (Å²) < 4.78 is 0. The van der Waals surface area contributed by atoms with Crippen molar-refractivity contribution < 1.29 is 0 Å². The molecule has 2 aromatic rings. The summed E-state index contributed by atoms with van der Waals surface area (Å²) in [6.45, 7) is 0. The number of alkyl halides is 1. The molecule has 0 radical (unpaired) electrons. The standard InChI is InChI=1S/C16H12BrN/c17-16-9-11-5-1-2-6-12(11)15(10-18)13-7-3-4-8-14(13)16/h1-8,15-16H,9H2/t15-,16-/m1/s1. The van der Waals surface area contributed by atoms with Crippen LogP contribution in [-0.2, 0) is 6.42 Å². The van der Waals surface area contributed by atoms with E-state index in [1.165, 1.54) is 11.1 Å². The van der Waals surface area contributed by atoms with Gasteiger partial charge in [-0.2, -0.15) is 5.26 Å². The molecule has 0 saturated heterocycles. The van der Waals surface area contributed by atoms with Crippen LogP contribution in [0.25, 0.3) is 0 Å². The lowest BCUT2D eigenvalue weighted by Gasteiger charge is -2.13. The van der Waals surface area contributed by atoms with Crippen molar-refractivity contribution in [3.05, 3.63) is 70.8 Å². The molecule has 0 aliphatic heterocycles. The van der Waals surface area contributed by atoms with Crippen molar-refractivity contribution in [2.75, 3.05) is 0 Å². The van der Waals surface area contributed by atoms with Crippen LogP contribution in [0, 0.1) is 11.3 Å². The minimum absolute atomic E-state index is 0.153. The molecule has 0 N–H and O–H groups in total. The maximum atomic E-state index is 9.53. The van der Waals surface area contributed by atoms with Crippen molar-refractivity contribution in [1.29, 1.82) is 5.26 Å². The molecule has 88 valence electrons. The topological polar surface area (TPSA) is 23.8 Å². The predicted molar refractivity (Wildman–Crippen MR) is 75.7 cm³/mol. The Balaban J connectivity index is 2.27. The Kier molecular flexibility index (Phi) is 2.93. The lowest BCUT2D eigenvalue weighted by atomic mass is 9.89. The van der Waals surface area contributed by atoms with Crippen LogP contribution in [0.15, 0.2) is 48.5 Å². The number of rotatable bonds is 0. The fourth-order valence-electron chi connectivity index (χ4n) is 2.67. The highest BCUT2D eigenvalue weighted by atomic mass is 79.9. The molecule has 3 rings (SSSR count). The Morgan fingerprint density at radius 1 is 0.944 bits per heavy atom. The highest BCUT2D eigenvalue weighted by molar-refractivity contribution is 9.09. The van der Waals surface area contributed by atoms with E-state index < -0.39 is 0 Å². The summed E-state index contributed by atoms with van der Waals surface area (Å²) in [4.78, 5) is 0.285. The van der Waals surface area contributed by atoms with Gasteiger partial charge in [-0.25, -0.2) is 0 Å². The average molecular weight is 298 g/mol. The van der Waals surface area contributed by atoms with E-state index in [2.05, 4.69) is 46.3 Å². The van der Waals surface area contributed by atoms with Gasteiger partial charge in [0.1, 0.15) is 0 Å². The van der Waals surface area contributed by atoms with Gasteiger partial charge in [-0.15, -0.1) is 0 Å². The molecule has 0 aromatic heterocycles. The summed E-state index contributed by atoms with van der Waals surface area (Å²) in [6, 6.07) is 18.9. The van der Waals surface area contributed by atoms with E-state index in [0.717, 1.165) is 17.5 Å². The molecule has 0 unspecified atom stereocenters. The maximum Gasteiger partial charge on any atom is 0.0968 e. The van der Waals surface area contributed by atoms with Gasteiger partial charge in [0.05, 0.1) is 12.0 Å². The van der Waals surface area contributed by atoms with E-state index in [-0.39, 0.29) is 10.7 Å². The van der Waals surface area contributed by atoms with Gasteiger partial charge in [0, 0.05) is 4.83 Å². The fraction of sp³-hybridized carbons (Fsp3) is 0.188. The van der Waals surface area contributed by atoms with Crippen LogP contribution in [0.5, 0.6) is 0 Å². The summed E-state index contributed by atoms with van der Waals surface area (Å²) in [5, 5.41) is 9.53. The van der Waals surface area contributed by atoms with Crippen LogP contribution < -0.4 is 0 Å². The predicted octanol–water partition coefficient (Wildman–Crippen LogP) is 4.33. The van der Waals surface area contributed by atoms with Crippen molar-refractivity contribution in [2.24, 2.45) is 0 Å². The monoisotopic (exact) mass is 297 g/mol. The smallest absolute Gasteiger partial charge is 0.0968 e. The van der Waals surface area contributed by atoms with Crippen molar-refractivity contribution in [1.82, 2.24) is 0 Å². The largest absolute Gasteiger partial charge is 0.197 e. The maximum absolute atomic E-state index is 9.53. The zero-order valence-electron chi connectivity index (χ0n) is 9.81. The van der Waals surface area contributed by atoms with Gasteiger partial charge >= 0.3 is 0 Å².